The minimum Gasteiger partial charge on any atom is -0.384 e. The number of nitrogens with zero attached hydrogens (tertiary/aromatic N) is 4. The Kier molecular flexibility index (Phi) is 5.02. The molecule has 9 heteroatoms. The third-order valence-corrected chi connectivity index (χ3v) is 7.42. The molecule has 0 radical (unpaired) electrons. The Morgan fingerprint density at radius 1 is 1.27 bits per heavy atom. The summed E-state index contributed by atoms with van der Waals surface area (Å²) in [6.07, 6.45) is 3.95. The second-order valence-electron chi connectivity index (χ2n) is 7.50. The number of hydrogen-bond donors (Lipinski definition) is 1. The van der Waals surface area contributed by atoms with E-state index in [0.29, 0.717) is 5.92 Å². The minimum atomic E-state index is -2.98. The first kappa shape index (κ1) is 17.9. The van der Waals surface area contributed by atoms with Gasteiger partial charge >= 0.3 is 0 Å². The lowest BCUT2D eigenvalue weighted by molar-refractivity contribution is 0.139. The molecular formula is C17H27N5O3S. The lowest BCUT2D eigenvalue weighted by atomic mass is 9.98. The number of methoxy groups -OCH3 is 1. The van der Waals surface area contributed by atoms with Gasteiger partial charge in [-0.3, -0.25) is 0 Å². The quantitative estimate of drug-likeness (QED) is 0.775. The molecule has 0 aromatic carbocycles. The van der Waals surface area contributed by atoms with Crippen LogP contribution in [-0.4, -0.2) is 81.9 Å². The number of anilines is 2. The molecule has 1 aromatic rings. The monoisotopic (exact) mass is 381 g/mol. The van der Waals surface area contributed by atoms with Gasteiger partial charge in [-0.15, -0.1) is 0 Å². The van der Waals surface area contributed by atoms with E-state index in [2.05, 4.69) is 20.1 Å². The predicted molar refractivity (Wildman–Crippen MR) is 100 cm³/mol. The first-order valence-corrected chi connectivity index (χ1v) is 11.2. The molecule has 4 heterocycles. The summed E-state index contributed by atoms with van der Waals surface area (Å²) in [5, 5.41) is 3.34. The Balaban J connectivity index is 1.49. The first-order chi connectivity index (χ1) is 12.6. The van der Waals surface area contributed by atoms with E-state index in [-0.39, 0.29) is 23.6 Å². The number of rotatable bonds is 4. The van der Waals surface area contributed by atoms with Crippen LogP contribution in [0.5, 0.6) is 0 Å². The van der Waals surface area contributed by atoms with Gasteiger partial charge in [0.05, 0.1) is 17.5 Å². The van der Waals surface area contributed by atoms with E-state index in [1.165, 1.54) is 0 Å². The van der Waals surface area contributed by atoms with E-state index in [1.807, 2.05) is 6.07 Å². The summed E-state index contributed by atoms with van der Waals surface area (Å²) in [5.41, 5.74) is 0. The Morgan fingerprint density at radius 3 is 2.85 bits per heavy atom. The van der Waals surface area contributed by atoms with Crippen molar-refractivity contribution in [2.45, 2.75) is 24.9 Å². The van der Waals surface area contributed by atoms with E-state index >= 15 is 0 Å². The van der Waals surface area contributed by atoms with Gasteiger partial charge in [0.25, 0.3) is 0 Å². The Hall–Kier alpha value is -1.45. The average Bonchev–Trinajstić information content (AvgIpc) is 2.96. The van der Waals surface area contributed by atoms with E-state index in [1.54, 1.807) is 13.3 Å². The smallest absolute Gasteiger partial charge is 0.227 e. The zero-order valence-corrected chi connectivity index (χ0v) is 16.0. The zero-order valence-electron chi connectivity index (χ0n) is 15.2. The number of piperidine rings is 1. The summed E-state index contributed by atoms with van der Waals surface area (Å²) in [5.74, 6) is 2.61. The molecule has 4 rings (SSSR count). The highest BCUT2D eigenvalue weighted by Crippen LogP contribution is 2.27. The predicted octanol–water partition coefficient (Wildman–Crippen LogP) is -0.0854. The summed E-state index contributed by atoms with van der Waals surface area (Å²) in [7, 11) is -1.23. The molecule has 0 amide bonds. The Bertz CT molecular complexity index is 736. The highest BCUT2D eigenvalue weighted by atomic mass is 32.2. The molecule has 0 aliphatic carbocycles. The maximum atomic E-state index is 12.1. The van der Waals surface area contributed by atoms with Crippen molar-refractivity contribution in [3.8, 4) is 0 Å². The molecule has 1 aromatic heterocycles. The lowest BCUT2D eigenvalue weighted by Crippen LogP contribution is -2.57. The van der Waals surface area contributed by atoms with Crippen molar-refractivity contribution >= 4 is 21.6 Å². The Morgan fingerprint density at radius 2 is 2.08 bits per heavy atom. The summed E-state index contributed by atoms with van der Waals surface area (Å²) in [4.78, 5) is 13.6. The van der Waals surface area contributed by atoms with E-state index < -0.39 is 9.84 Å². The maximum absolute atomic E-state index is 12.1. The van der Waals surface area contributed by atoms with Crippen molar-refractivity contribution < 1.29 is 13.2 Å². The minimum absolute atomic E-state index is 0.00282. The average molecular weight is 382 g/mol. The fraction of sp³-hybridized carbons (Fsp3) is 0.765. The summed E-state index contributed by atoms with van der Waals surface area (Å²) in [6, 6.07) is 1.86. The molecule has 3 aliphatic heterocycles. The summed E-state index contributed by atoms with van der Waals surface area (Å²) < 4.78 is 29.4. The SMILES string of the molecule is COCC1CCN(c2nccc(N3CCN[C@H]4CS(=O)(=O)C[C@H]43)n2)CC1. The highest BCUT2D eigenvalue weighted by molar-refractivity contribution is 7.91. The van der Waals surface area contributed by atoms with Crippen molar-refractivity contribution in [2.75, 3.05) is 61.2 Å². The van der Waals surface area contributed by atoms with Crippen LogP contribution in [-0.2, 0) is 14.6 Å². The van der Waals surface area contributed by atoms with Crippen LogP contribution in [0.3, 0.4) is 0 Å². The van der Waals surface area contributed by atoms with E-state index in [0.717, 1.165) is 57.4 Å². The number of sulfone groups is 1. The van der Waals surface area contributed by atoms with Crippen molar-refractivity contribution in [3.63, 3.8) is 0 Å². The van der Waals surface area contributed by atoms with Crippen LogP contribution in [0.1, 0.15) is 12.8 Å². The maximum Gasteiger partial charge on any atom is 0.227 e. The number of aromatic nitrogens is 2. The van der Waals surface area contributed by atoms with Crippen LogP contribution in [0.4, 0.5) is 11.8 Å². The van der Waals surface area contributed by atoms with Gasteiger partial charge in [0.2, 0.25) is 5.95 Å². The number of ether oxygens (including phenoxy) is 1. The van der Waals surface area contributed by atoms with Crippen molar-refractivity contribution in [1.29, 1.82) is 0 Å². The number of hydrogen-bond acceptors (Lipinski definition) is 8. The van der Waals surface area contributed by atoms with Gasteiger partial charge in [0.15, 0.2) is 9.84 Å². The molecule has 3 aliphatic rings. The number of nitrogens with one attached hydrogen (secondary N) is 1. The molecule has 2 atom stereocenters. The molecule has 1 N–H and O–H groups in total. The Labute approximate surface area is 154 Å². The van der Waals surface area contributed by atoms with Gasteiger partial charge in [-0.1, -0.05) is 0 Å². The third-order valence-electron chi connectivity index (χ3n) is 5.70. The third kappa shape index (κ3) is 3.65. The van der Waals surface area contributed by atoms with Crippen LogP contribution in [0.2, 0.25) is 0 Å². The molecule has 144 valence electrons. The summed E-state index contributed by atoms with van der Waals surface area (Å²) >= 11 is 0. The van der Waals surface area contributed by atoms with Crippen LogP contribution < -0.4 is 15.1 Å². The molecule has 0 bridgehead atoms. The van der Waals surface area contributed by atoms with Crippen LogP contribution >= 0.6 is 0 Å². The van der Waals surface area contributed by atoms with Gasteiger partial charge in [0, 0.05) is 52.1 Å². The molecule has 0 spiro atoms. The van der Waals surface area contributed by atoms with Crippen molar-refractivity contribution in [3.05, 3.63) is 12.3 Å². The molecule has 26 heavy (non-hydrogen) atoms. The molecule has 3 fully saturated rings. The topological polar surface area (TPSA) is 87.7 Å². The molecule has 0 saturated carbocycles. The van der Waals surface area contributed by atoms with Crippen molar-refractivity contribution in [2.24, 2.45) is 5.92 Å². The standard InChI is InChI=1S/C17H27N5O3S/c1-25-10-13-3-7-21(8-4-13)17-19-5-2-16(20-17)22-9-6-18-14-11-26(23,24)12-15(14)22/h2,5,13-15,18H,3-4,6-12H2,1H3/t14-,15+/m0/s1. The van der Waals surface area contributed by atoms with Crippen molar-refractivity contribution in [1.82, 2.24) is 15.3 Å². The van der Waals surface area contributed by atoms with Gasteiger partial charge < -0.3 is 19.9 Å². The van der Waals surface area contributed by atoms with Gasteiger partial charge in [0.1, 0.15) is 5.82 Å². The van der Waals surface area contributed by atoms with Gasteiger partial charge in [-0.2, -0.15) is 4.98 Å². The van der Waals surface area contributed by atoms with Gasteiger partial charge in [-0.25, -0.2) is 13.4 Å². The van der Waals surface area contributed by atoms with E-state index in [4.69, 9.17) is 9.72 Å². The second-order valence-corrected chi connectivity index (χ2v) is 9.65. The summed E-state index contributed by atoms with van der Waals surface area (Å²) in [6.45, 7) is 4.22. The zero-order chi connectivity index (χ0) is 18.1. The lowest BCUT2D eigenvalue weighted by Gasteiger charge is -2.38. The fourth-order valence-electron chi connectivity index (χ4n) is 4.34. The normalized spacial score (nSPS) is 29.0. The van der Waals surface area contributed by atoms with Crippen LogP contribution in [0.25, 0.3) is 0 Å². The van der Waals surface area contributed by atoms with Crippen LogP contribution in [0, 0.1) is 5.92 Å². The van der Waals surface area contributed by atoms with Crippen LogP contribution in [0.15, 0.2) is 12.3 Å². The number of fused-ring (bicyclic) bond motifs is 1. The molecule has 8 nitrogen and oxygen atoms in total. The molecular weight excluding hydrogens is 354 g/mol. The van der Waals surface area contributed by atoms with Gasteiger partial charge in [-0.05, 0) is 24.8 Å². The molecule has 3 saturated heterocycles. The molecule has 0 unspecified atom stereocenters. The first-order valence-electron chi connectivity index (χ1n) is 9.33. The number of piperazine rings is 1. The highest BCUT2D eigenvalue weighted by Gasteiger charge is 2.43. The fourth-order valence-corrected chi connectivity index (χ4v) is 6.29. The van der Waals surface area contributed by atoms with E-state index in [9.17, 15) is 8.42 Å². The second kappa shape index (κ2) is 7.28. The largest absolute Gasteiger partial charge is 0.384 e.